The first-order valence-corrected chi connectivity index (χ1v) is 8.60. The molecule has 0 aromatic carbocycles. The van der Waals surface area contributed by atoms with Gasteiger partial charge in [0.05, 0.1) is 0 Å². The van der Waals surface area contributed by atoms with Crippen LogP contribution in [0.1, 0.15) is 25.7 Å². The number of aromatic nitrogens is 3. The molecule has 2 aliphatic rings. The third-order valence-electron chi connectivity index (χ3n) is 5.00. The number of hydrogen-bond acceptors (Lipinski definition) is 5. The zero-order valence-electron chi connectivity index (χ0n) is 13.8. The zero-order valence-corrected chi connectivity index (χ0v) is 13.8. The third kappa shape index (κ3) is 3.26. The second-order valence-corrected chi connectivity index (χ2v) is 6.60. The fourth-order valence-electron chi connectivity index (χ4n) is 3.96. The molecule has 7 heteroatoms. The number of ether oxygens (including phenoxy) is 1. The molecular formula is C18H20N4O3. The Kier molecular flexibility index (Phi) is 4.21. The smallest absolute Gasteiger partial charge is 0.267 e. The third-order valence-corrected chi connectivity index (χ3v) is 5.00. The molecule has 0 aliphatic carbocycles. The Bertz CT molecular complexity index is 793. The first-order chi connectivity index (χ1) is 12.2. The minimum Gasteiger partial charge on any atom is -0.490 e. The SMILES string of the molecule is O=C(Cn1ncccc1=O)N1C2CCC1CC(Oc1ccncc1)C2. The molecule has 2 unspecified atom stereocenters. The number of nitrogens with zero attached hydrogens (tertiary/aromatic N) is 4. The molecule has 25 heavy (non-hydrogen) atoms. The Morgan fingerprint density at radius 2 is 1.84 bits per heavy atom. The average molecular weight is 340 g/mol. The molecule has 2 aromatic heterocycles. The van der Waals surface area contributed by atoms with E-state index in [1.165, 1.54) is 16.9 Å². The van der Waals surface area contributed by atoms with Crippen LogP contribution in [0.25, 0.3) is 0 Å². The number of hydrogen-bond donors (Lipinski definition) is 0. The summed E-state index contributed by atoms with van der Waals surface area (Å²) < 4.78 is 7.28. The van der Waals surface area contributed by atoms with Gasteiger partial charge in [0.25, 0.3) is 5.56 Å². The van der Waals surface area contributed by atoms with Gasteiger partial charge in [-0.25, -0.2) is 4.68 Å². The standard InChI is InChI=1S/C18H20N4O3/c23-17-2-1-7-20-21(17)12-18(24)22-13-3-4-14(22)11-16(10-13)25-15-5-8-19-9-6-15/h1-2,5-9,13-14,16H,3-4,10-12H2. The molecule has 4 heterocycles. The molecule has 0 saturated carbocycles. The van der Waals surface area contributed by atoms with Crippen LogP contribution in [0.2, 0.25) is 0 Å². The van der Waals surface area contributed by atoms with Crippen LogP contribution >= 0.6 is 0 Å². The maximum absolute atomic E-state index is 12.7. The maximum Gasteiger partial charge on any atom is 0.267 e. The summed E-state index contributed by atoms with van der Waals surface area (Å²) in [6, 6.07) is 7.06. The van der Waals surface area contributed by atoms with Gasteiger partial charge in [-0.3, -0.25) is 14.6 Å². The van der Waals surface area contributed by atoms with Crippen molar-refractivity contribution in [3.63, 3.8) is 0 Å². The first-order valence-electron chi connectivity index (χ1n) is 8.60. The minimum atomic E-state index is -0.251. The van der Waals surface area contributed by atoms with Gasteiger partial charge in [0.1, 0.15) is 18.4 Å². The van der Waals surface area contributed by atoms with Gasteiger partial charge in [-0.05, 0) is 31.0 Å². The van der Waals surface area contributed by atoms with E-state index < -0.39 is 0 Å². The van der Waals surface area contributed by atoms with Crippen LogP contribution < -0.4 is 10.3 Å². The molecule has 0 spiro atoms. The Labute approximate surface area is 145 Å². The highest BCUT2D eigenvalue weighted by molar-refractivity contribution is 5.77. The van der Waals surface area contributed by atoms with E-state index in [1.54, 1.807) is 18.5 Å². The van der Waals surface area contributed by atoms with Crippen LogP contribution in [0.3, 0.4) is 0 Å². The summed E-state index contributed by atoms with van der Waals surface area (Å²) in [5.74, 6) is 0.787. The summed E-state index contributed by atoms with van der Waals surface area (Å²) in [5.41, 5.74) is -0.251. The van der Waals surface area contributed by atoms with Crippen molar-refractivity contribution in [2.45, 2.75) is 50.4 Å². The molecule has 2 atom stereocenters. The summed E-state index contributed by atoms with van der Waals surface area (Å²) in [7, 11) is 0. The first kappa shape index (κ1) is 15.8. The number of carbonyl (C=O) groups excluding carboxylic acids is 1. The van der Waals surface area contributed by atoms with Crippen LogP contribution in [0, 0.1) is 0 Å². The number of carbonyl (C=O) groups is 1. The van der Waals surface area contributed by atoms with Crippen molar-refractivity contribution >= 4 is 5.91 Å². The topological polar surface area (TPSA) is 77.3 Å². The van der Waals surface area contributed by atoms with Crippen molar-refractivity contribution in [1.82, 2.24) is 19.7 Å². The van der Waals surface area contributed by atoms with Crippen LogP contribution in [-0.2, 0) is 11.3 Å². The molecule has 4 rings (SSSR count). The highest BCUT2D eigenvalue weighted by Gasteiger charge is 2.44. The van der Waals surface area contributed by atoms with Crippen LogP contribution in [0.5, 0.6) is 5.75 Å². The predicted octanol–water partition coefficient (Wildman–Crippen LogP) is 1.24. The minimum absolute atomic E-state index is 0.00253. The lowest BCUT2D eigenvalue weighted by molar-refractivity contribution is -0.138. The van der Waals surface area contributed by atoms with E-state index in [1.807, 2.05) is 17.0 Å². The van der Waals surface area contributed by atoms with Crippen LogP contribution in [0.4, 0.5) is 0 Å². The highest BCUT2D eigenvalue weighted by atomic mass is 16.5. The van der Waals surface area contributed by atoms with Crippen molar-refractivity contribution in [3.05, 3.63) is 53.2 Å². The van der Waals surface area contributed by atoms with E-state index in [0.29, 0.717) is 0 Å². The summed E-state index contributed by atoms with van der Waals surface area (Å²) in [6.45, 7) is 0.00253. The number of rotatable bonds is 4. The summed E-state index contributed by atoms with van der Waals surface area (Å²) in [4.78, 5) is 30.4. The molecule has 2 aromatic rings. The van der Waals surface area contributed by atoms with Gasteiger partial charge >= 0.3 is 0 Å². The summed E-state index contributed by atoms with van der Waals surface area (Å²) >= 11 is 0. The lowest BCUT2D eigenvalue weighted by Gasteiger charge is -2.39. The van der Waals surface area contributed by atoms with E-state index in [-0.39, 0.29) is 36.2 Å². The normalized spacial score (nSPS) is 25.0. The van der Waals surface area contributed by atoms with Gasteiger partial charge in [0, 0.05) is 49.6 Å². The van der Waals surface area contributed by atoms with Crippen molar-refractivity contribution < 1.29 is 9.53 Å². The Hall–Kier alpha value is -2.70. The van der Waals surface area contributed by atoms with Crippen molar-refractivity contribution in [2.24, 2.45) is 0 Å². The Balaban J connectivity index is 1.43. The molecule has 130 valence electrons. The maximum atomic E-state index is 12.7. The summed E-state index contributed by atoms with van der Waals surface area (Å²) in [5, 5.41) is 3.98. The zero-order chi connectivity index (χ0) is 17.2. The van der Waals surface area contributed by atoms with Gasteiger partial charge in [0.15, 0.2) is 0 Å². The van der Waals surface area contributed by atoms with Crippen molar-refractivity contribution in [2.75, 3.05) is 0 Å². The van der Waals surface area contributed by atoms with Crippen LogP contribution in [0.15, 0.2) is 47.7 Å². The Morgan fingerprint density at radius 3 is 2.52 bits per heavy atom. The molecule has 2 aliphatic heterocycles. The molecule has 2 bridgehead atoms. The Morgan fingerprint density at radius 1 is 1.12 bits per heavy atom. The van der Waals surface area contributed by atoms with Gasteiger partial charge < -0.3 is 9.64 Å². The molecule has 2 saturated heterocycles. The summed E-state index contributed by atoms with van der Waals surface area (Å²) in [6.07, 6.45) is 8.69. The van der Waals surface area contributed by atoms with E-state index in [4.69, 9.17) is 4.74 Å². The molecular weight excluding hydrogens is 320 g/mol. The molecule has 0 N–H and O–H groups in total. The van der Waals surface area contributed by atoms with E-state index >= 15 is 0 Å². The van der Waals surface area contributed by atoms with Crippen molar-refractivity contribution in [3.8, 4) is 5.75 Å². The van der Waals surface area contributed by atoms with E-state index in [0.717, 1.165) is 31.4 Å². The second kappa shape index (κ2) is 6.66. The molecule has 7 nitrogen and oxygen atoms in total. The number of piperidine rings is 1. The quantitative estimate of drug-likeness (QED) is 0.837. The van der Waals surface area contributed by atoms with Crippen molar-refractivity contribution in [1.29, 1.82) is 0 Å². The fourth-order valence-corrected chi connectivity index (χ4v) is 3.96. The lowest BCUT2D eigenvalue weighted by Crippen LogP contribution is -2.50. The number of amides is 1. The van der Waals surface area contributed by atoms with Gasteiger partial charge in [0.2, 0.25) is 5.91 Å². The van der Waals surface area contributed by atoms with Gasteiger partial charge in [-0.2, -0.15) is 5.10 Å². The highest BCUT2D eigenvalue weighted by Crippen LogP contribution is 2.37. The van der Waals surface area contributed by atoms with Crippen LogP contribution in [-0.4, -0.2) is 43.8 Å². The molecule has 2 fully saturated rings. The van der Waals surface area contributed by atoms with Gasteiger partial charge in [-0.15, -0.1) is 0 Å². The number of fused-ring (bicyclic) bond motifs is 2. The molecule has 0 radical (unpaired) electrons. The second-order valence-electron chi connectivity index (χ2n) is 6.60. The largest absolute Gasteiger partial charge is 0.490 e. The lowest BCUT2D eigenvalue weighted by atomic mass is 9.99. The van der Waals surface area contributed by atoms with E-state index in [2.05, 4.69) is 10.1 Å². The average Bonchev–Trinajstić information content (AvgIpc) is 2.89. The monoisotopic (exact) mass is 340 g/mol. The fraction of sp³-hybridized carbons (Fsp3) is 0.444. The molecule has 1 amide bonds. The van der Waals surface area contributed by atoms with E-state index in [9.17, 15) is 9.59 Å². The number of pyridine rings is 1. The van der Waals surface area contributed by atoms with Gasteiger partial charge in [-0.1, -0.05) is 0 Å². The predicted molar refractivity (Wildman–Crippen MR) is 90.0 cm³/mol.